The highest BCUT2D eigenvalue weighted by molar-refractivity contribution is 7.73. The van der Waals surface area contributed by atoms with Gasteiger partial charge < -0.3 is 5.11 Å². The second kappa shape index (κ2) is 4.07. The van der Waals surface area contributed by atoms with Crippen LogP contribution in [0.5, 0.6) is 0 Å². The number of carboxylic acid groups (broad SMARTS) is 1. The van der Waals surface area contributed by atoms with E-state index >= 15 is 0 Å². The molecule has 0 saturated carbocycles. The first-order valence-electron chi connectivity index (χ1n) is 3.55. The zero-order chi connectivity index (χ0) is 10.7. The van der Waals surface area contributed by atoms with E-state index in [4.69, 9.17) is 10.9 Å². The van der Waals surface area contributed by atoms with Gasteiger partial charge >= 0.3 is 5.97 Å². The lowest BCUT2D eigenvalue weighted by atomic mass is 10.2. The van der Waals surface area contributed by atoms with Crippen LogP contribution in [0.3, 0.4) is 0 Å². The van der Waals surface area contributed by atoms with Crippen LogP contribution in [0.1, 0.15) is 10.4 Å². The van der Waals surface area contributed by atoms with Crippen LogP contribution in [0.25, 0.3) is 0 Å². The van der Waals surface area contributed by atoms with Gasteiger partial charge in [-0.3, -0.25) is 0 Å². The molecule has 0 bridgehead atoms. The van der Waals surface area contributed by atoms with Gasteiger partial charge in [0.05, 0.1) is 11.3 Å². The number of anilines is 1. The maximum absolute atomic E-state index is 10.5. The first-order valence-corrected chi connectivity index (χ1v) is 4.68. The van der Waals surface area contributed by atoms with Crippen molar-refractivity contribution in [1.29, 1.82) is 0 Å². The van der Waals surface area contributed by atoms with Gasteiger partial charge in [-0.25, -0.2) is 23.5 Å². The van der Waals surface area contributed by atoms with E-state index < -0.39 is 16.9 Å². The van der Waals surface area contributed by atoms with E-state index in [1.54, 1.807) is 0 Å². The molecule has 6 nitrogen and oxygen atoms in total. The van der Waals surface area contributed by atoms with Crippen LogP contribution in [0.4, 0.5) is 5.69 Å². The van der Waals surface area contributed by atoms with E-state index in [0.717, 1.165) is 0 Å². The largest absolute Gasteiger partial charge is 0.478 e. The fourth-order valence-electron chi connectivity index (χ4n) is 0.851. The number of hydrogen-bond donors (Lipinski definition) is 3. The topological polar surface area (TPSA) is 101 Å². The van der Waals surface area contributed by atoms with E-state index in [-0.39, 0.29) is 11.3 Å². The number of thiol groups is 1. The molecule has 0 saturated heterocycles. The fourth-order valence-corrected chi connectivity index (χ4v) is 1.17. The van der Waals surface area contributed by atoms with Crippen molar-refractivity contribution in [2.75, 3.05) is 4.41 Å². The lowest BCUT2D eigenvalue weighted by Crippen LogP contribution is -2.28. The van der Waals surface area contributed by atoms with Crippen molar-refractivity contribution in [2.45, 2.75) is 0 Å². The Morgan fingerprint density at radius 3 is 2.14 bits per heavy atom. The minimum Gasteiger partial charge on any atom is -0.478 e. The summed E-state index contributed by atoms with van der Waals surface area (Å²) < 4.78 is 21.4. The monoisotopic (exact) mass is 216 g/mol. The number of nitrogens with zero attached hydrogens (tertiary/aromatic N) is 1. The lowest BCUT2D eigenvalue weighted by Gasteiger charge is -2.09. The number of rotatable bonds is 3. The van der Waals surface area contributed by atoms with Crippen molar-refractivity contribution >= 4 is 22.5 Å². The summed E-state index contributed by atoms with van der Waals surface area (Å²) in [7, 11) is -2.90. The molecule has 0 aliphatic carbocycles. The van der Waals surface area contributed by atoms with E-state index in [0.29, 0.717) is 4.41 Å². The molecule has 0 heterocycles. The van der Waals surface area contributed by atoms with Gasteiger partial charge in [0.15, 0.2) is 0 Å². The number of aromatic carboxylic acids is 1. The third kappa shape index (κ3) is 2.21. The van der Waals surface area contributed by atoms with Gasteiger partial charge in [0.2, 0.25) is 10.9 Å². The molecule has 1 aromatic carbocycles. The summed E-state index contributed by atoms with van der Waals surface area (Å²) >= 11 is 0. The number of nitrogens with two attached hydrogens (primary N) is 1. The van der Waals surface area contributed by atoms with Crippen molar-refractivity contribution in [3.05, 3.63) is 29.8 Å². The Bertz CT molecular complexity index is 404. The van der Waals surface area contributed by atoms with E-state index in [1.165, 1.54) is 24.3 Å². The lowest BCUT2D eigenvalue weighted by molar-refractivity contribution is 0.0697. The molecule has 7 heteroatoms. The SMILES string of the molecule is NN(c1ccc(C(=O)O)cc1)[SH](=O)=O. The standard InChI is InChI=1S/C7H8N2O4S/c8-9(14(12)13)6-3-1-5(2-4-6)7(10)11/h1-4,14H,8H2,(H,10,11). The minimum atomic E-state index is -2.90. The summed E-state index contributed by atoms with van der Waals surface area (Å²) in [6, 6.07) is 5.18. The first kappa shape index (κ1) is 10.5. The molecular weight excluding hydrogens is 208 g/mol. The summed E-state index contributed by atoms with van der Waals surface area (Å²) in [6.45, 7) is 0. The Balaban J connectivity index is 2.99. The Morgan fingerprint density at radius 1 is 1.29 bits per heavy atom. The molecule has 3 N–H and O–H groups in total. The number of hydrogen-bond acceptors (Lipinski definition) is 4. The van der Waals surface area contributed by atoms with Crippen LogP contribution in [-0.4, -0.2) is 19.5 Å². The third-order valence-electron chi connectivity index (χ3n) is 1.55. The maximum Gasteiger partial charge on any atom is 0.335 e. The number of benzene rings is 1. The van der Waals surface area contributed by atoms with Gasteiger partial charge in [0.25, 0.3) is 0 Å². The van der Waals surface area contributed by atoms with Gasteiger partial charge in [-0.05, 0) is 24.3 Å². The van der Waals surface area contributed by atoms with Gasteiger partial charge in [-0.1, -0.05) is 0 Å². The summed E-state index contributed by atoms with van der Waals surface area (Å²) in [5.74, 6) is 4.08. The molecule has 0 aromatic heterocycles. The van der Waals surface area contributed by atoms with Gasteiger partial charge in [0, 0.05) is 0 Å². The van der Waals surface area contributed by atoms with Gasteiger partial charge in [0.1, 0.15) is 0 Å². The predicted octanol–water partition coefficient (Wildman–Crippen LogP) is -0.409. The molecule has 0 aliphatic rings. The highest BCUT2D eigenvalue weighted by Crippen LogP contribution is 2.12. The molecule has 1 rings (SSSR count). The normalized spacial score (nSPS) is 10.1. The smallest absolute Gasteiger partial charge is 0.335 e. The van der Waals surface area contributed by atoms with Crippen molar-refractivity contribution < 1.29 is 18.3 Å². The van der Waals surface area contributed by atoms with E-state index in [2.05, 4.69) is 0 Å². The van der Waals surface area contributed by atoms with Crippen LogP contribution in [-0.2, 0) is 10.9 Å². The molecule has 0 unspecified atom stereocenters. The van der Waals surface area contributed by atoms with Gasteiger partial charge in [-0.2, -0.15) is 0 Å². The highest BCUT2D eigenvalue weighted by Gasteiger charge is 2.05. The minimum absolute atomic E-state index is 0.0725. The summed E-state index contributed by atoms with van der Waals surface area (Å²) in [4.78, 5) is 10.5. The summed E-state index contributed by atoms with van der Waals surface area (Å²) in [6.07, 6.45) is 0. The second-order valence-corrected chi connectivity index (χ2v) is 3.34. The molecular formula is C7H8N2O4S. The average Bonchev–Trinajstić information content (AvgIpc) is 2.16. The molecule has 1 aromatic rings. The molecule has 76 valence electrons. The highest BCUT2D eigenvalue weighted by atomic mass is 32.2. The van der Waals surface area contributed by atoms with Crippen LogP contribution in [0.2, 0.25) is 0 Å². The molecule has 0 spiro atoms. The average molecular weight is 216 g/mol. The summed E-state index contributed by atoms with van der Waals surface area (Å²) in [5.41, 5.74) is 0.286. The van der Waals surface area contributed by atoms with Crippen molar-refractivity contribution in [1.82, 2.24) is 0 Å². The number of carbonyl (C=O) groups is 1. The fraction of sp³-hybridized carbons (Fsp3) is 0. The molecule has 0 atom stereocenters. The van der Waals surface area contributed by atoms with Crippen molar-refractivity contribution in [3.63, 3.8) is 0 Å². The first-order chi connectivity index (χ1) is 6.52. The second-order valence-electron chi connectivity index (χ2n) is 2.43. The molecule has 0 aliphatic heterocycles. The maximum atomic E-state index is 10.5. The summed E-state index contributed by atoms with van der Waals surface area (Å²) in [5, 5.41) is 8.56. The van der Waals surface area contributed by atoms with Crippen molar-refractivity contribution in [3.8, 4) is 0 Å². The Hall–Kier alpha value is -1.60. The van der Waals surface area contributed by atoms with Crippen LogP contribution in [0, 0.1) is 0 Å². The number of hydrazine groups is 1. The predicted molar refractivity (Wildman–Crippen MR) is 50.4 cm³/mol. The molecule has 0 radical (unpaired) electrons. The van der Waals surface area contributed by atoms with Crippen molar-refractivity contribution in [2.24, 2.45) is 5.84 Å². The zero-order valence-corrected chi connectivity index (χ0v) is 7.85. The van der Waals surface area contributed by atoms with Crippen LogP contribution >= 0.6 is 0 Å². The van der Waals surface area contributed by atoms with E-state index in [1.807, 2.05) is 0 Å². The Morgan fingerprint density at radius 2 is 1.79 bits per heavy atom. The third-order valence-corrected chi connectivity index (χ3v) is 2.14. The zero-order valence-electron chi connectivity index (χ0n) is 6.95. The molecule has 0 fully saturated rings. The quantitative estimate of drug-likeness (QED) is 0.362. The number of carboxylic acids is 1. The van der Waals surface area contributed by atoms with Crippen LogP contribution < -0.4 is 10.3 Å². The van der Waals surface area contributed by atoms with Crippen LogP contribution in [0.15, 0.2) is 24.3 Å². The molecule has 14 heavy (non-hydrogen) atoms. The molecule has 0 amide bonds. The Labute approximate surface area is 81.6 Å². The Kier molecular flexibility index (Phi) is 3.05. The van der Waals surface area contributed by atoms with E-state index in [9.17, 15) is 13.2 Å². The van der Waals surface area contributed by atoms with Gasteiger partial charge in [-0.15, -0.1) is 0 Å².